The normalized spacial score (nSPS) is 10.1. The van der Waals surface area contributed by atoms with Gasteiger partial charge in [0.1, 0.15) is 5.15 Å². The second-order valence-corrected chi connectivity index (χ2v) is 3.03. The van der Waals surface area contributed by atoms with Crippen molar-refractivity contribution in [1.82, 2.24) is 4.98 Å². The first kappa shape index (κ1) is 11.2. The summed E-state index contributed by atoms with van der Waals surface area (Å²) in [5.41, 5.74) is 0.558. The highest BCUT2D eigenvalue weighted by atomic mass is 35.5. The molecule has 0 atom stereocenters. The summed E-state index contributed by atoms with van der Waals surface area (Å²) in [6.45, 7) is 0. The summed E-state index contributed by atoms with van der Waals surface area (Å²) < 4.78 is 0. The average molecular weight is 223 g/mol. The average Bonchev–Trinajstić information content (AvgIpc) is 2.20. The molecule has 0 saturated heterocycles. The highest BCUT2D eigenvalue weighted by molar-refractivity contribution is 6.32. The molecule has 4 nitrogen and oxygen atoms in total. The molecule has 0 bridgehead atoms. The van der Waals surface area contributed by atoms with Crippen LogP contribution in [0.25, 0.3) is 6.08 Å². The van der Waals surface area contributed by atoms with Gasteiger partial charge >= 0.3 is 5.97 Å². The Labute approximate surface area is 91.4 Å². The van der Waals surface area contributed by atoms with Crippen molar-refractivity contribution in [2.45, 2.75) is 6.42 Å². The van der Waals surface area contributed by atoms with Crippen molar-refractivity contribution >= 4 is 23.6 Å². The van der Waals surface area contributed by atoms with Gasteiger partial charge in [-0.25, -0.2) is 9.78 Å². The van der Waals surface area contributed by atoms with Gasteiger partial charge < -0.3 is 5.11 Å². The van der Waals surface area contributed by atoms with Crippen molar-refractivity contribution in [3.05, 3.63) is 34.6 Å². The molecule has 0 unspecified atom stereocenters. The van der Waals surface area contributed by atoms with Crippen LogP contribution in [0.5, 0.6) is 0 Å². The van der Waals surface area contributed by atoms with E-state index in [0.29, 0.717) is 5.56 Å². The highest BCUT2D eigenvalue weighted by Crippen LogP contribution is 2.15. The number of hydrogen-bond donors (Lipinski definition) is 1. The number of pyridine rings is 1. The van der Waals surface area contributed by atoms with E-state index in [1.807, 2.05) is 6.07 Å². The lowest BCUT2D eigenvalue weighted by atomic mass is 10.2. The van der Waals surface area contributed by atoms with E-state index in [2.05, 4.69) is 4.98 Å². The second-order valence-electron chi connectivity index (χ2n) is 2.68. The van der Waals surface area contributed by atoms with Gasteiger partial charge in [-0.05, 0) is 11.6 Å². The van der Waals surface area contributed by atoms with Gasteiger partial charge in [0.05, 0.1) is 18.1 Å². The molecule has 5 heteroatoms. The van der Waals surface area contributed by atoms with Crippen LogP contribution in [-0.2, 0) is 0 Å². The number of carboxylic acid groups (broad SMARTS) is 1. The van der Waals surface area contributed by atoms with Crippen LogP contribution >= 0.6 is 11.6 Å². The van der Waals surface area contributed by atoms with Crippen molar-refractivity contribution in [3.8, 4) is 6.07 Å². The summed E-state index contributed by atoms with van der Waals surface area (Å²) in [7, 11) is 0. The summed E-state index contributed by atoms with van der Waals surface area (Å²) in [5, 5.41) is 17.0. The molecule has 76 valence electrons. The molecule has 0 radical (unpaired) electrons. The number of hydrogen-bond acceptors (Lipinski definition) is 3. The number of carbonyl (C=O) groups is 1. The first-order chi connectivity index (χ1) is 7.15. The van der Waals surface area contributed by atoms with Crippen LogP contribution in [0.2, 0.25) is 5.15 Å². The van der Waals surface area contributed by atoms with Crippen LogP contribution in [-0.4, -0.2) is 16.1 Å². The number of nitrogens with zero attached hydrogens (tertiary/aromatic N) is 2. The van der Waals surface area contributed by atoms with Gasteiger partial charge in [-0.3, -0.25) is 0 Å². The summed E-state index contributed by atoms with van der Waals surface area (Å²) >= 11 is 5.58. The van der Waals surface area contributed by atoms with Crippen LogP contribution in [0, 0.1) is 11.3 Å². The predicted molar refractivity (Wildman–Crippen MR) is 55.5 cm³/mol. The number of aromatic nitrogens is 1. The fourth-order valence-electron chi connectivity index (χ4n) is 0.953. The Morgan fingerprint density at radius 3 is 3.07 bits per heavy atom. The van der Waals surface area contributed by atoms with Gasteiger partial charge in [0.15, 0.2) is 0 Å². The molecule has 0 aliphatic rings. The molecule has 1 aromatic rings. The SMILES string of the molecule is N#CCC=Cc1cnc(Cl)c(C(=O)O)c1. The number of carboxylic acids is 1. The van der Waals surface area contributed by atoms with Gasteiger partial charge in [0, 0.05) is 6.20 Å². The number of aromatic carboxylic acids is 1. The van der Waals surface area contributed by atoms with Crippen molar-refractivity contribution < 1.29 is 9.90 Å². The third-order valence-corrected chi connectivity index (χ3v) is 1.91. The van der Waals surface area contributed by atoms with E-state index in [9.17, 15) is 4.79 Å². The lowest BCUT2D eigenvalue weighted by molar-refractivity contribution is 0.0696. The first-order valence-corrected chi connectivity index (χ1v) is 4.45. The standard InChI is InChI=1S/C10H7ClN2O2/c11-9-8(10(14)15)5-7(6-13-9)3-1-2-4-12/h1,3,5-6H,2H2,(H,14,15). The molecule has 15 heavy (non-hydrogen) atoms. The van der Waals surface area contributed by atoms with Crippen LogP contribution in [0.3, 0.4) is 0 Å². The van der Waals surface area contributed by atoms with Crippen LogP contribution in [0.4, 0.5) is 0 Å². The van der Waals surface area contributed by atoms with Crippen molar-refractivity contribution in [2.24, 2.45) is 0 Å². The van der Waals surface area contributed by atoms with E-state index in [1.54, 1.807) is 12.2 Å². The summed E-state index contributed by atoms with van der Waals surface area (Å²) in [6, 6.07) is 3.35. The van der Waals surface area contributed by atoms with Crippen molar-refractivity contribution in [3.63, 3.8) is 0 Å². The topological polar surface area (TPSA) is 74.0 Å². The van der Waals surface area contributed by atoms with Crippen LogP contribution < -0.4 is 0 Å². The van der Waals surface area contributed by atoms with Gasteiger partial charge in [-0.2, -0.15) is 5.26 Å². The lowest BCUT2D eigenvalue weighted by Crippen LogP contribution is -1.99. The Bertz CT molecular complexity index is 449. The van der Waals surface area contributed by atoms with E-state index in [0.717, 1.165) is 0 Å². The minimum absolute atomic E-state index is 0.0417. The molecule has 1 aromatic heterocycles. The van der Waals surface area contributed by atoms with Gasteiger partial charge in [-0.1, -0.05) is 23.8 Å². The van der Waals surface area contributed by atoms with Crippen molar-refractivity contribution in [1.29, 1.82) is 5.26 Å². The smallest absolute Gasteiger partial charge is 0.338 e. The van der Waals surface area contributed by atoms with Crippen LogP contribution in [0.1, 0.15) is 22.3 Å². The maximum Gasteiger partial charge on any atom is 0.338 e. The zero-order valence-corrected chi connectivity index (χ0v) is 8.40. The van der Waals surface area contributed by atoms with E-state index in [4.69, 9.17) is 22.0 Å². The van der Waals surface area contributed by atoms with Gasteiger partial charge in [0.25, 0.3) is 0 Å². The molecule has 1 rings (SSSR count). The Morgan fingerprint density at radius 2 is 2.47 bits per heavy atom. The molecule has 0 amide bonds. The minimum atomic E-state index is -1.12. The van der Waals surface area contributed by atoms with E-state index < -0.39 is 5.97 Å². The molecule has 0 aliphatic heterocycles. The third-order valence-electron chi connectivity index (χ3n) is 1.61. The minimum Gasteiger partial charge on any atom is -0.478 e. The molecular formula is C10H7ClN2O2. The molecule has 0 aromatic carbocycles. The third kappa shape index (κ3) is 3.08. The maximum absolute atomic E-state index is 10.7. The van der Waals surface area contributed by atoms with E-state index >= 15 is 0 Å². The Hall–Kier alpha value is -1.86. The van der Waals surface area contributed by atoms with Gasteiger partial charge in [-0.15, -0.1) is 0 Å². The van der Waals surface area contributed by atoms with Crippen LogP contribution in [0.15, 0.2) is 18.3 Å². The number of allylic oxidation sites excluding steroid dienone is 1. The summed E-state index contributed by atoms with van der Waals surface area (Å²) in [6.07, 6.45) is 4.96. The lowest BCUT2D eigenvalue weighted by Gasteiger charge is -1.98. The zero-order chi connectivity index (χ0) is 11.3. The summed E-state index contributed by atoms with van der Waals surface area (Å²) in [4.78, 5) is 14.4. The first-order valence-electron chi connectivity index (χ1n) is 4.07. The quantitative estimate of drug-likeness (QED) is 0.797. The summed E-state index contributed by atoms with van der Waals surface area (Å²) in [5.74, 6) is -1.12. The Morgan fingerprint density at radius 1 is 1.73 bits per heavy atom. The number of nitriles is 1. The fraction of sp³-hybridized carbons (Fsp3) is 0.100. The molecule has 0 saturated carbocycles. The maximum atomic E-state index is 10.7. The monoisotopic (exact) mass is 222 g/mol. The molecular weight excluding hydrogens is 216 g/mol. The fourth-order valence-corrected chi connectivity index (χ4v) is 1.14. The molecule has 0 aliphatic carbocycles. The molecule has 0 fully saturated rings. The Balaban J connectivity index is 2.98. The van der Waals surface area contributed by atoms with E-state index in [-0.39, 0.29) is 17.1 Å². The van der Waals surface area contributed by atoms with Crippen molar-refractivity contribution in [2.75, 3.05) is 0 Å². The molecule has 0 spiro atoms. The Kier molecular flexibility index (Phi) is 3.83. The number of halogens is 1. The highest BCUT2D eigenvalue weighted by Gasteiger charge is 2.09. The molecule has 1 heterocycles. The van der Waals surface area contributed by atoms with E-state index in [1.165, 1.54) is 12.3 Å². The van der Waals surface area contributed by atoms with Gasteiger partial charge in [0.2, 0.25) is 0 Å². The predicted octanol–water partition coefficient (Wildman–Crippen LogP) is 2.36. The largest absolute Gasteiger partial charge is 0.478 e. The second kappa shape index (κ2) is 5.13. The zero-order valence-electron chi connectivity index (χ0n) is 7.64. The number of rotatable bonds is 3. The molecule has 1 N–H and O–H groups in total.